The predicted molar refractivity (Wildman–Crippen MR) is 61.0 cm³/mol. The first kappa shape index (κ1) is 13.2. The first-order chi connectivity index (χ1) is 7.52. The number of ketones is 1. The maximum Gasteiger partial charge on any atom is 0.303 e. The van der Waals surface area contributed by atoms with Crippen LogP contribution in [-0.2, 0) is 9.59 Å². The second-order valence-corrected chi connectivity index (χ2v) is 4.81. The Morgan fingerprint density at radius 2 is 2.00 bits per heavy atom. The molecule has 0 aromatic carbocycles. The van der Waals surface area contributed by atoms with Gasteiger partial charge in [0.05, 0.1) is 6.04 Å². The van der Waals surface area contributed by atoms with Crippen molar-refractivity contribution in [2.75, 3.05) is 0 Å². The molecule has 0 heterocycles. The molecule has 0 bridgehead atoms. The minimum Gasteiger partial charge on any atom is -0.481 e. The number of hydrogen-bond donors (Lipinski definition) is 2. The van der Waals surface area contributed by atoms with Gasteiger partial charge in [0.15, 0.2) is 5.78 Å². The highest BCUT2D eigenvalue weighted by Gasteiger charge is 2.30. The zero-order chi connectivity index (χ0) is 12.1. The summed E-state index contributed by atoms with van der Waals surface area (Å²) in [5.41, 5.74) is 5.75. The number of rotatable bonds is 5. The highest BCUT2D eigenvalue weighted by atomic mass is 16.4. The van der Waals surface area contributed by atoms with E-state index in [1.807, 2.05) is 0 Å². The molecule has 0 spiro atoms. The van der Waals surface area contributed by atoms with Gasteiger partial charge in [-0.05, 0) is 18.8 Å². The smallest absolute Gasteiger partial charge is 0.303 e. The molecular weight excluding hydrogens is 206 g/mol. The lowest BCUT2D eigenvalue weighted by molar-refractivity contribution is -0.137. The predicted octanol–water partition coefficient (Wildman–Crippen LogP) is 1.57. The van der Waals surface area contributed by atoms with Gasteiger partial charge in [-0.25, -0.2) is 0 Å². The summed E-state index contributed by atoms with van der Waals surface area (Å²) in [7, 11) is 0. The minimum atomic E-state index is -0.889. The lowest BCUT2D eigenvalue weighted by Crippen LogP contribution is -2.39. The summed E-state index contributed by atoms with van der Waals surface area (Å²) in [4.78, 5) is 22.4. The summed E-state index contributed by atoms with van der Waals surface area (Å²) in [6, 6.07) is -0.596. The van der Waals surface area contributed by atoms with Crippen LogP contribution in [0.2, 0.25) is 0 Å². The van der Waals surface area contributed by atoms with Gasteiger partial charge >= 0.3 is 5.97 Å². The van der Waals surface area contributed by atoms with Crippen molar-refractivity contribution >= 4 is 11.8 Å². The Hall–Kier alpha value is -0.900. The van der Waals surface area contributed by atoms with Gasteiger partial charge in [0.2, 0.25) is 0 Å². The topological polar surface area (TPSA) is 80.4 Å². The van der Waals surface area contributed by atoms with E-state index in [9.17, 15) is 9.59 Å². The summed E-state index contributed by atoms with van der Waals surface area (Å²) >= 11 is 0. The van der Waals surface area contributed by atoms with Crippen LogP contribution < -0.4 is 5.73 Å². The van der Waals surface area contributed by atoms with Gasteiger partial charge in [-0.3, -0.25) is 9.59 Å². The summed E-state index contributed by atoms with van der Waals surface area (Å²) < 4.78 is 0. The van der Waals surface area contributed by atoms with Crippen molar-refractivity contribution in [2.24, 2.45) is 17.6 Å². The Morgan fingerprint density at radius 1 is 1.38 bits per heavy atom. The summed E-state index contributed by atoms with van der Waals surface area (Å²) in [6.07, 6.45) is 4.52. The molecule has 0 aromatic heterocycles. The Morgan fingerprint density at radius 3 is 2.56 bits per heavy atom. The molecule has 4 heteroatoms. The molecule has 1 rings (SSSR count). The van der Waals surface area contributed by atoms with Crippen LogP contribution in [0.15, 0.2) is 0 Å². The third kappa shape index (κ3) is 3.59. The molecule has 0 aromatic rings. The monoisotopic (exact) mass is 227 g/mol. The molecule has 1 aliphatic rings. The van der Waals surface area contributed by atoms with Gasteiger partial charge in [-0.1, -0.05) is 26.2 Å². The first-order valence-corrected chi connectivity index (χ1v) is 6.03. The van der Waals surface area contributed by atoms with Crippen molar-refractivity contribution in [3.63, 3.8) is 0 Å². The van der Waals surface area contributed by atoms with Crippen LogP contribution in [0.25, 0.3) is 0 Å². The summed E-state index contributed by atoms with van der Waals surface area (Å²) in [6.45, 7) is 2.09. The molecule has 92 valence electrons. The molecular formula is C12H21NO3. The summed E-state index contributed by atoms with van der Waals surface area (Å²) in [5, 5.41) is 8.54. The van der Waals surface area contributed by atoms with E-state index in [0.717, 1.165) is 19.3 Å². The molecule has 1 fully saturated rings. The van der Waals surface area contributed by atoms with Gasteiger partial charge in [-0.15, -0.1) is 0 Å². The normalized spacial score (nSPS) is 27.4. The fraction of sp³-hybridized carbons (Fsp3) is 0.833. The fourth-order valence-corrected chi connectivity index (χ4v) is 2.44. The zero-order valence-electron chi connectivity index (χ0n) is 9.82. The Bertz CT molecular complexity index is 265. The molecule has 4 nitrogen and oxygen atoms in total. The number of Topliss-reactive ketones (excluding diaryl/α,β-unsaturated/α-hetero) is 1. The molecule has 0 radical (unpaired) electrons. The van der Waals surface area contributed by atoms with Crippen molar-refractivity contribution in [3.8, 4) is 0 Å². The van der Waals surface area contributed by atoms with E-state index in [4.69, 9.17) is 10.8 Å². The van der Waals surface area contributed by atoms with E-state index in [-0.39, 0.29) is 24.5 Å². The third-order valence-corrected chi connectivity index (χ3v) is 3.51. The Kier molecular flexibility index (Phi) is 4.93. The van der Waals surface area contributed by atoms with Crippen LogP contribution in [0, 0.1) is 11.8 Å². The maximum absolute atomic E-state index is 12.0. The van der Waals surface area contributed by atoms with Crippen LogP contribution >= 0.6 is 0 Å². The Balaban J connectivity index is 2.45. The number of nitrogens with two attached hydrogens (primary N) is 1. The standard InChI is InChI=1S/C12H21NO3/c1-8-4-2-3-5-9(8)12(16)10(13)6-7-11(14)15/h8-10H,2-7,13H2,1H3,(H,14,15). The third-order valence-electron chi connectivity index (χ3n) is 3.51. The molecule has 1 saturated carbocycles. The second-order valence-electron chi connectivity index (χ2n) is 4.81. The van der Waals surface area contributed by atoms with Crippen LogP contribution in [-0.4, -0.2) is 22.9 Å². The van der Waals surface area contributed by atoms with E-state index < -0.39 is 12.0 Å². The molecule has 1 aliphatic carbocycles. The average Bonchev–Trinajstić information content (AvgIpc) is 2.25. The molecule has 3 unspecified atom stereocenters. The first-order valence-electron chi connectivity index (χ1n) is 6.03. The molecule has 16 heavy (non-hydrogen) atoms. The van der Waals surface area contributed by atoms with Crippen LogP contribution in [0.5, 0.6) is 0 Å². The molecule has 0 amide bonds. The lowest BCUT2D eigenvalue weighted by atomic mass is 9.76. The molecule has 0 saturated heterocycles. The van der Waals surface area contributed by atoms with Gasteiger partial charge in [0.25, 0.3) is 0 Å². The number of aliphatic carboxylic acids is 1. The van der Waals surface area contributed by atoms with Crippen LogP contribution in [0.3, 0.4) is 0 Å². The highest BCUT2D eigenvalue weighted by molar-refractivity contribution is 5.86. The number of carboxylic acid groups (broad SMARTS) is 1. The van der Waals surface area contributed by atoms with Crippen LogP contribution in [0.1, 0.15) is 45.4 Å². The van der Waals surface area contributed by atoms with Crippen molar-refractivity contribution in [1.82, 2.24) is 0 Å². The number of hydrogen-bond acceptors (Lipinski definition) is 3. The average molecular weight is 227 g/mol. The quantitative estimate of drug-likeness (QED) is 0.747. The van der Waals surface area contributed by atoms with Gasteiger partial charge in [0.1, 0.15) is 0 Å². The van der Waals surface area contributed by atoms with E-state index in [2.05, 4.69) is 6.92 Å². The summed E-state index contributed by atoms with van der Waals surface area (Å²) in [5.74, 6) is -0.372. The number of carbonyl (C=O) groups excluding carboxylic acids is 1. The van der Waals surface area contributed by atoms with Gasteiger partial charge < -0.3 is 10.8 Å². The van der Waals surface area contributed by atoms with E-state index in [0.29, 0.717) is 5.92 Å². The van der Waals surface area contributed by atoms with E-state index in [1.54, 1.807) is 0 Å². The van der Waals surface area contributed by atoms with Crippen molar-refractivity contribution in [3.05, 3.63) is 0 Å². The fourth-order valence-electron chi connectivity index (χ4n) is 2.44. The zero-order valence-corrected chi connectivity index (χ0v) is 9.82. The van der Waals surface area contributed by atoms with Gasteiger partial charge in [0, 0.05) is 12.3 Å². The highest BCUT2D eigenvalue weighted by Crippen LogP contribution is 2.31. The van der Waals surface area contributed by atoms with Crippen molar-refractivity contribution in [2.45, 2.75) is 51.5 Å². The molecule has 3 atom stereocenters. The lowest BCUT2D eigenvalue weighted by Gasteiger charge is -2.29. The van der Waals surface area contributed by atoms with Crippen molar-refractivity contribution < 1.29 is 14.7 Å². The molecule has 3 N–H and O–H groups in total. The largest absolute Gasteiger partial charge is 0.481 e. The second kappa shape index (κ2) is 5.99. The van der Waals surface area contributed by atoms with E-state index in [1.165, 1.54) is 6.42 Å². The van der Waals surface area contributed by atoms with Gasteiger partial charge in [-0.2, -0.15) is 0 Å². The van der Waals surface area contributed by atoms with Crippen molar-refractivity contribution in [1.29, 1.82) is 0 Å². The number of carbonyl (C=O) groups is 2. The maximum atomic E-state index is 12.0. The molecule has 0 aliphatic heterocycles. The minimum absolute atomic E-state index is 0.0198. The van der Waals surface area contributed by atoms with E-state index >= 15 is 0 Å². The van der Waals surface area contributed by atoms with Crippen LogP contribution in [0.4, 0.5) is 0 Å². The number of carboxylic acids is 1. The SMILES string of the molecule is CC1CCCCC1C(=O)C(N)CCC(=O)O. The Labute approximate surface area is 96.2 Å².